The van der Waals surface area contributed by atoms with Crippen LogP contribution in [0, 0.1) is 9.81 Å². The minimum absolute atomic E-state index is 0.421. The molecule has 0 saturated carbocycles. The molecule has 5 nitrogen and oxygen atoms in total. The lowest BCUT2D eigenvalue weighted by Crippen LogP contribution is -2.02. The van der Waals surface area contributed by atoms with Crippen molar-refractivity contribution in [1.29, 1.82) is 0 Å². The molecule has 5 heteroatoms. The predicted octanol–water partition coefficient (Wildman–Crippen LogP) is 0.974. The molecule has 0 aliphatic rings. The molecule has 0 aromatic carbocycles. The van der Waals surface area contributed by atoms with E-state index in [0.29, 0.717) is 13.0 Å². The lowest BCUT2D eigenvalue weighted by atomic mass is 10.2. The summed E-state index contributed by atoms with van der Waals surface area (Å²) in [6.07, 6.45) is 1.05. The molecule has 0 aromatic heterocycles. The van der Waals surface area contributed by atoms with E-state index in [1.165, 1.54) is 0 Å². The van der Waals surface area contributed by atoms with Crippen molar-refractivity contribution in [2.75, 3.05) is 6.54 Å². The molecule has 0 aliphatic carbocycles. The highest BCUT2D eigenvalue weighted by Crippen LogP contribution is 2.03. The maximum atomic E-state index is 9.76. The normalized spacial score (nSPS) is 9.80. The Kier molecular flexibility index (Phi) is 5.75. The second-order valence-electron chi connectivity index (χ2n) is 1.98. The summed E-state index contributed by atoms with van der Waals surface area (Å²) in [5.74, 6) is 0. The second-order valence-corrected chi connectivity index (χ2v) is 1.98. The van der Waals surface area contributed by atoms with Crippen LogP contribution >= 0.6 is 0 Å². The van der Waals surface area contributed by atoms with Crippen molar-refractivity contribution in [3.05, 3.63) is 9.81 Å². The molecule has 0 atom stereocenters. The van der Waals surface area contributed by atoms with Crippen LogP contribution in [-0.4, -0.2) is 12.7 Å². The minimum atomic E-state index is -0.911. The molecule has 0 bridgehead atoms. The molecule has 0 unspecified atom stereocenters. The van der Waals surface area contributed by atoms with Gasteiger partial charge in [-0.05, 0) is 36.2 Å². The summed E-state index contributed by atoms with van der Waals surface area (Å²) in [7, 11) is 0. The number of unbranched alkanes of at least 4 members (excludes halogenated alkanes) is 1. The van der Waals surface area contributed by atoms with Gasteiger partial charge in [0.1, 0.15) is 0 Å². The van der Waals surface area contributed by atoms with Crippen LogP contribution < -0.4 is 5.73 Å². The van der Waals surface area contributed by atoms with Crippen LogP contribution in [0.3, 0.4) is 0 Å². The monoisotopic (exact) mass is 145 g/mol. The molecule has 0 radical (unpaired) electrons. The van der Waals surface area contributed by atoms with E-state index in [1.807, 2.05) is 0 Å². The maximum Gasteiger partial charge on any atom is 0.222 e. The third-order valence-corrected chi connectivity index (χ3v) is 1.16. The molecule has 2 N–H and O–H groups in total. The number of hydrogen-bond donors (Lipinski definition) is 1. The Morgan fingerprint density at radius 3 is 2.20 bits per heavy atom. The van der Waals surface area contributed by atoms with Gasteiger partial charge in [0.05, 0.1) is 0 Å². The Morgan fingerprint density at radius 2 is 1.80 bits per heavy atom. The highest BCUT2D eigenvalue weighted by Gasteiger charge is 2.05. The van der Waals surface area contributed by atoms with Crippen LogP contribution in [0.2, 0.25) is 0 Å². The van der Waals surface area contributed by atoms with Gasteiger partial charge in [-0.15, -0.1) is 9.81 Å². The third-order valence-electron chi connectivity index (χ3n) is 1.16. The predicted molar refractivity (Wildman–Crippen MR) is 38.3 cm³/mol. The third kappa shape index (κ3) is 4.08. The zero-order chi connectivity index (χ0) is 7.82. The molecule has 0 aromatic rings. The fraction of sp³-hybridized carbons (Fsp3) is 1.00. The molecular weight excluding hydrogens is 134 g/mol. The van der Waals surface area contributed by atoms with Crippen molar-refractivity contribution in [2.24, 2.45) is 16.1 Å². The molecule has 58 valence electrons. The number of rotatable bonds is 6. The van der Waals surface area contributed by atoms with E-state index in [2.05, 4.69) is 10.4 Å². The van der Waals surface area contributed by atoms with Crippen LogP contribution in [0.1, 0.15) is 19.3 Å². The summed E-state index contributed by atoms with van der Waals surface area (Å²) < 4.78 is 0. The highest BCUT2D eigenvalue weighted by molar-refractivity contribution is 4.60. The first-order valence-electron chi connectivity index (χ1n) is 3.20. The second kappa shape index (κ2) is 6.28. The van der Waals surface area contributed by atoms with Gasteiger partial charge in [0, 0.05) is 0 Å². The van der Waals surface area contributed by atoms with Crippen LogP contribution in [0.4, 0.5) is 0 Å². The fourth-order valence-electron chi connectivity index (χ4n) is 0.596. The zero-order valence-electron chi connectivity index (χ0n) is 5.69. The lowest BCUT2D eigenvalue weighted by Gasteiger charge is -1.96. The molecule has 0 amide bonds. The average molecular weight is 145 g/mol. The summed E-state index contributed by atoms with van der Waals surface area (Å²) in [4.78, 5) is 19.5. The Morgan fingerprint density at radius 1 is 1.20 bits per heavy atom. The topological polar surface area (TPSA) is 84.9 Å². The quantitative estimate of drug-likeness (QED) is 0.446. The summed E-state index contributed by atoms with van der Waals surface area (Å²) in [6, 6.07) is 0. The zero-order valence-corrected chi connectivity index (χ0v) is 5.69. The molecule has 0 heterocycles. The van der Waals surface area contributed by atoms with Gasteiger partial charge in [0.2, 0.25) is 6.17 Å². The first-order chi connectivity index (χ1) is 4.85. The number of nitrogens with zero attached hydrogens (tertiary/aromatic N) is 2. The van der Waals surface area contributed by atoms with Gasteiger partial charge in [-0.3, -0.25) is 0 Å². The van der Waals surface area contributed by atoms with E-state index in [0.717, 1.165) is 12.8 Å². The Hall–Kier alpha value is -0.840. The van der Waals surface area contributed by atoms with E-state index < -0.39 is 6.17 Å². The Balaban J connectivity index is 3.25. The molecule has 0 spiro atoms. The van der Waals surface area contributed by atoms with E-state index in [9.17, 15) is 9.81 Å². The van der Waals surface area contributed by atoms with Crippen molar-refractivity contribution >= 4 is 0 Å². The van der Waals surface area contributed by atoms with Crippen molar-refractivity contribution in [1.82, 2.24) is 0 Å². The molecule has 0 saturated heterocycles. The molecular formula is C5H11N3O2. The standard InChI is InChI=1S/C5H11N3O2/c6-4-2-1-3-5(7-9)8-10/h5H,1-4,6H2. The van der Waals surface area contributed by atoms with Gasteiger partial charge in [-0.1, -0.05) is 0 Å². The molecule has 10 heavy (non-hydrogen) atoms. The lowest BCUT2D eigenvalue weighted by molar-refractivity contribution is 0.581. The average Bonchev–Trinajstić information content (AvgIpc) is 1.99. The maximum absolute atomic E-state index is 9.76. The van der Waals surface area contributed by atoms with Gasteiger partial charge in [-0.25, -0.2) is 0 Å². The Labute approximate surface area is 58.9 Å². The van der Waals surface area contributed by atoms with Gasteiger partial charge >= 0.3 is 0 Å². The molecule has 0 aliphatic heterocycles. The van der Waals surface area contributed by atoms with E-state index >= 15 is 0 Å². The number of nitrogens with two attached hydrogens (primary N) is 1. The van der Waals surface area contributed by atoms with E-state index in [-0.39, 0.29) is 0 Å². The first-order valence-corrected chi connectivity index (χ1v) is 3.20. The summed E-state index contributed by atoms with van der Waals surface area (Å²) in [6.45, 7) is 0.574. The van der Waals surface area contributed by atoms with Gasteiger partial charge in [0.15, 0.2) is 0 Å². The summed E-state index contributed by atoms with van der Waals surface area (Å²) in [5.41, 5.74) is 5.18. The number of nitroso groups, excluding NO2 is 2. The van der Waals surface area contributed by atoms with Crippen molar-refractivity contribution in [3.63, 3.8) is 0 Å². The largest absolute Gasteiger partial charge is 0.330 e. The van der Waals surface area contributed by atoms with Crippen molar-refractivity contribution < 1.29 is 0 Å². The Bertz CT molecular complexity index is 99.1. The van der Waals surface area contributed by atoms with Gasteiger partial charge in [0.25, 0.3) is 0 Å². The highest BCUT2D eigenvalue weighted by atomic mass is 16.3. The minimum Gasteiger partial charge on any atom is -0.330 e. The summed E-state index contributed by atoms with van der Waals surface area (Å²) in [5, 5.41) is 5.02. The first kappa shape index (κ1) is 9.16. The number of hydrogen-bond acceptors (Lipinski definition) is 5. The van der Waals surface area contributed by atoms with Crippen LogP contribution in [0.25, 0.3) is 0 Å². The van der Waals surface area contributed by atoms with E-state index in [1.54, 1.807) is 0 Å². The van der Waals surface area contributed by atoms with Crippen molar-refractivity contribution in [2.45, 2.75) is 25.4 Å². The van der Waals surface area contributed by atoms with Crippen LogP contribution in [0.15, 0.2) is 10.4 Å². The van der Waals surface area contributed by atoms with Crippen LogP contribution in [0.5, 0.6) is 0 Å². The fourth-order valence-corrected chi connectivity index (χ4v) is 0.596. The summed E-state index contributed by atoms with van der Waals surface area (Å²) >= 11 is 0. The van der Waals surface area contributed by atoms with Gasteiger partial charge in [-0.2, -0.15) is 0 Å². The van der Waals surface area contributed by atoms with Crippen LogP contribution in [-0.2, 0) is 0 Å². The van der Waals surface area contributed by atoms with Gasteiger partial charge < -0.3 is 5.73 Å². The SMILES string of the molecule is NCCCCC(N=O)N=O. The molecule has 0 fully saturated rings. The van der Waals surface area contributed by atoms with E-state index in [4.69, 9.17) is 5.73 Å². The smallest absolute Gasteiger partial charge is 0.222 e. The van der Waals surface area contributed by atoms with Crippen molar-refractivity contribution in [3.8, 4) is 0 Å². The molecule has 0 rings (SSSR count).